The van der Waals surface area contributed by atoms with Crippen molar-refractivity contribution in [3.05, 3.63) is 59.7 Å². The SMILES string of the molecule is CCCCc1ccc(NS(=O)(=O)c2cccc(C(=O)N3CCC(C(=O)OCC)CC3)c2)cc1. The average molecular weight is 473 g/mol. The molecule has 1 aliphatic rings. The van der Waals surface area contributed by atoms with Crippen LogP contribution in [0.15, 0.2) is 53.4 Å². The van der Waals surface area contributed by atoms with E-state index in [-0.39, 0.29) is 22.7 Å². The number of carbonyl (C=O) groups is 2. The lowest BCUT2D eigenvalue weighted by molar-refractivity contribution is -0.149. The van der Waals surface area contributed by atoms with Gasteiger partial charge in [0.15, 0.2) is 0 Å². The Kier molecular flexibility index (Phi) is 8.49. The molecule has 1 heterocycles. The number of hydrogen-bond donors (Lipinski definition) is 1. The highest BCUT2D eigenvalue weighted by Gasteiger charge is 2.29. The Hall–Kier alpha value is -2.87. The first kappa shape index (κ1) is 24.8. The third-order valence-corrected chi connectivity index (χ3v) is 7.20. The van der Waals surface area contributed by atoms with E-state index in [4.69, 9.17) is 4.74 Å². The monoisotopic (exact) mass is 472 g/mol. The summed E-state index contributed by atoms with van der Waals surface area (Å²) in [5, 5.41) is 0. The van der Waals surface area contributed by atoms with Crippen LogP contribution in [0.25, 0.3) is 0 Å². The number of rotatable bonds is 9. The minimum Gasteiger partial charge on any atom is -0.466 e. The van der Waals surface area contributed by atoms with Gasteiger partial charge in [-0.2, -0.15) is 0 Å². The molecule has 0 saturated carbocycles. The second-order valence-electron chi connectivity index (χ2n) is 8.25. The molecule has 0 aliphatic carbocycles. The van der Waals surface area contributed by atoms with Gasteiger partial charge in [-0.15, -0.1) is 0 Å². The van der Waals surface area contributed by atoms with E-state index < -0.39 is 10.0 Å². The number of likely N-dealkylation sites (tertiary alicyclic amines) is 1. The van der Waals surface area contributed by atoms with E-state index in [2.05, 4.69) is 11.6 Å². The molecule has 1 fully saturated rings. The van der Waals surface area contributed by atoms with Crippen LogP contribution in [0.5, 0.6) is 0 Å². The van der Waals surface area contributed by atoms with E-state index >= 15 is 0 Å². The topological polar surface area (TPSA) is 92.8 Å². The number of amides is 1. The van der Waals surface area contributed by atoms with Gasteiger partial charge in [0.25, 0.3) is 15.9 Å². The van der Waals surface area contributed by atoms with Crippen LogP contribution in [0.4, 0.5) is 5.69 Å². The van der Waals surface area contributed by atoms with Gasteiger partial charge in [-0.1, -0.05) is 31.5 Å². The summed E-state index contributed by atoms with van der Waals surface area (Å²) in [6.07, 6.45) is 4.24. The van der Waals surface area contributed by atoms with Crippen molar-refractivity contribution < 1.29 is 22.7 Å². The van der Waals surface area contributed by atoms with Gasteiger partial charge in [0, 0.05) is 24.3 Å². The maximum Gasteiger partial charge on any atom is 0.309 e. The van der Waals surface area contributed by atoms with Crippen LogP contribution in [-0.4, -0.2) is 44.9 Å². The first-order valence-electron chi connectivity index (χ1n) is 11.5. The second kappa shape index (κ2) is 11.3. The molecule has 1 aliphatic heterocycles. The molecule has 0 atom stereocenters. The van der Waals surface area contributed by atoms with Crippen LogP contribution >= 0.6 is 0 Å². The number of aryl methyl sites for hydroxylation is 1. The number of anilines is 1. The summed E-state index contributed by atoms with van der Waals surface area (Å²) in [6, 6.07) is 13.4. The molecule has 0 bridgehead atoms. The minimum atomic E-state index is -3.84. The number of piperidine rings is 1. The van der Waals surface area contributed by atoms with Gasteiger partial charge in [-0.25, -0.2) is 8.42 Å². The fraction of sp³-hybridized carbons (Fsp3) is 0.440. The lowest BCUT2D eigenvalue weighted by Gasteiger charge is -2.31. The van der Waals surface area contributed by atoms with Gasteiger partial charge in [-0.05, 0) is 68.5 Å². The molecule has 2 aromatic carbocycles. The van der Waals surface area contributed by atoms with Crippen molar-refractivity contribution in [1.29, 1.82) is 0 Å². The number of esters is 1. The molecule has 1 amide bonds. The molecular weight excluding hydrogens is 440 g/mol. The highest BCUT2D eigenvalue weighted by Crippen LogP contribution is 2.22. The number of nitrogens with one attached hydrogen (secondary N) is 1. The van der Waals surface area contributed by atoms with Gasteiger partial charge >= 0.3 is 5.97 Å². The summed E-state index contributed by atoms with van der Waals surface area (Å²) in [5.74, 6) is -0.657. The zero-order valence-electron chi connectivity index (χ0n) is 19.2. The standard InChI is InChI=1S/C25H32N2O5S/c1-3-5-7-19-10-12-22(13-11-19)26-33(30,31)23-9-6-8-21(18-23)24(28)27-16-14-20(15-17-27)25(29)32-4-2/h6,8-13,18,20,26H,3-5,7,14-17H2,1-2H3. The Bertz CT molecular complexity index is 1060. The minimum absolute atomic E-state index is 0.0322. The Labute approximate surface area is 196 Å². The largest absolute Gasteiger partial charge is 0.466 e. The van der Waals surface area contributed by atoms with Crippen molar-refractivity contribution in [3.63, 3.8) is 0 Å². The number of unbranched alkanes of at least 4 members (excludes halogenated alkanes) is 1. The van der Waals surface area contributed by atoms with Crippen molar-refractivity contribution in [3.8, 4) is 0 Å². The molecule has 33 heavy (non-hydrogen) atoms. The summed E-state index contributed by atoms with van der Waals surface area (Å²) in [5.41, 5.74) is 1.95. The number of benzene rings is 2. The highest BCUT2D eigenvalue weighted by atomic mass is 32.2. The van der Waals surface area contributed by atoms with E-state index in [1.54, 1.807) is 36.1 Å². The molecule has 0 aromatic heterocycles. The summed E-state index contributed by atoms with van der Waals surface area (Å²) >= 11 is 0. The van der Waals surface area contributed by atoms with Crippen molar-refractivity contribution in [1.82, 2.24) is 4.90 Å². The zero-order chi connectivity index (χ0) is 23.8. The third-order valence-electron chi connectivity index (χ3n) is 5.82. The lowest BCUT2D eigenvalue weighted by atomic mass is 9.96. The van der Waals surface area contributed by atoms with Crippen LogP contribution in [-0.2, 0) is 26.0 Å². The quantitative estimate of drug-likeness (QED) is 0.551. The van der Waals surface area contributed by atoms with E-state index in [0.29, 0.717) is 43.8 Å². The maximum absolute atomic E-state index is 13.0. The fourth-order valence-electron chi connectivity index (χ4n) is 3.89. The molecular formula is C25H32N2O5S. The Balaban J connectivity index is 1.66. The zero-order valence-corrected chi connectivity index (χ0v) is 20.1. The third kappa shape index (κ3) is 6.57. The molecule has 7 nitrogen and oxygen atoms in total. The van der Waals surface area contributed by atoms with Crippen LogP contribution in [0.3, 0.4) is 0 Å². The Morgan fingerprint density at radius 2 is 1.76 bits per heavy atom. The van der Waals surface area contributed by atoms with Gasteiger partial charge in [0.1, 0.15) is 0 Å². The van der Waals surface area contributed by atoms with Crippen LogP contribution in [0.1, 0.15) is 55.5 Å². The first-order chi connectivity index (χ1) is 15.8. The maximum atomic E-state index is 13.0. The second-order valence-corrected chi connectivity index (χ2v) is 9.93. The fourth-order valence-corrected chi connectivity index (χ4v) is 5.00. The van der Waals surface area contributed by atoms with E-state index in [1.807, 2.05) is 12.1 Å². The van der Waals surface area contributed by atoms with Crippen molar-refractivity contribution >= 4 is 27.6 Å². The first-order valence-corrected chi connectivity index (χ1v) is 13.0. The van der Waals surface area contributed by atoms with E-state index in [9.17, 15) is 18.0 Å². The van der Waals surface area contributed by atoms with Crippen molar-refractivity contribution in [2.75, 3.05) is 24.4 Å². The normalized spacial score (nSPS) is 14.7. The summed E-state index contributed by atoms with van der Waals surface area (Å²) in [7, 11) is -3.84. The van der Waals surface area contributed by atoms with Crippen LogP contribution < -0.4 is 4.72 Å². The van der Waals surface area contributed by atoms with Gasteiger partial charge < -0.3 is 9.64 Å². The number of ether oxygens (including phenoxy) is 1. The number of hydrogen-bond acceptors (Lipinski definition) is 5. The molecule has 1 N–H and O–H groups in total. The number of nitrogens with zero attached hydrogens (tertiary/aromatic N) is 1. The molecule has 0 spiro atoms. The summed E-state index contributed by atoms with van der Waals surface area (Å²) in [4.78, 5) is 26.6. The summed E-state index contributed by atoms with van der Waals surface area (Å²) in [6.45, 7) is 5.11. The van der Waals surface area contributed by atoms with Gasteiger partial charge in [-0.3, -0.25) is 14.3 Å². The Morgan fingerprint density at radius 1 is 1.06 bits per heavy atom. The van der Waals surface area contributed by atoms with Crippen molar-refractivity contribution in [2.24, 2.45) is 5.92 Å². The van der Waals surface area contributed by atoms with Crippen molar-refractivity contribution in [2.45, 2.75) is 50.8 Å². The average Bonchev–Trinajstić information content (AvgIpc) is 2.83. The lowest BCUT2D eigenvalue weighted by Crippen LogP contribution is -2.40. The molecule has 0 radical (unpaired) electrons. The van der Waals surface area contributed by atoms with E-state index in [0.717, 1.165) is 19.3 Å². The Morgan fingerprint density at radius 3 is 2.39 bits per heavy atom. The number of sulfonamides is 1. The summed E-state index contributed by atoms with van der Waals surface area (Å²) < 4.78 is 33.5. The van der Waals surface area contributed by atoms with Crippen LogP contribution in [0.2, 0.25) is 0 Å². The predicted molar refractivity (Wildman–Crippen MR) is 128 cm³/mol. The molecule has 2 aromatic rings. The predicted octanol–water partition coefficient (Wildman–Crippen LogP) is 4.25. The molecule has 8 heteroatoms. The molecule has 178 valence electrons. The smallest absolute Gasteiger partial charge is 0.309 e. The highest BCUT2D eigenvalue weighted by molar-refractivity contribution is 7.92. The van der Waals surface area contributed by atoms with Gasteiger partial charge in [0.05, 0.1) is 17.4 Å². The molecule has 3 rings (SSSR count). The van der Waals surface area contributed by atoms with Gasteiger partial charge in [0.2, 0.25) is 0 Å². The molecule has 0 unspecified atom stereocenters. The number of carbonyl (C=O) groups excluding carboxylic acids is 2. The van der Waals surface area contributed by atoms with E-state index in [1.165, 1.54) is 17.7 Å². The van der Waals surface area contributed by atoms with Crippen LogP contribution in [0, 0.1) is 5.92 Å². The molecule has 1 saturated heterocycles.